The maximum Gasteiger partial charge on any atom is 0.390 e. The molecule has 104 valence electrons. The fraction of sp³-hybridized carbons (Fsp3) is 1.00. The van der Waals surface area contributed by atoms with Crippen molar-refractivity contribution in [1.82, 2.24) is 0 Å². The summed E-state index contributed by atoms with van der Waals surface area (Å²) < 4.78 is 72.9. The first-order valence-corrected chi connectivity index (χ1v) is 6.30. The molecule has 0 aromatic rings. The Kier molecular flexibility index (Phi) is 6.73. The highest BCUT2D eigenvalue weighted by atomic mass is 32.2. The second kappa shape index (κ2) is 6.75. The van der Waals surface area contributed by atoms with Gasteiger partial charge in [0, 0.05) is 10.5 Å². The average Bonchev–Trinajstić information content (AvgIpc) is 2.11. The standard InChI is InChI=1S/C10H16F6S/c1-3-7(5-9(11,12)13)17-8(4-2)6-10(14,15)16/h7-8H,3-6H2,1-2H3. The molecule has 0 aliphatic heterocycles. The van der Waals surface area contributed by atoms with Gasteiger partial charge in [0.05, 0.1) is 12.8 Å². The van der Waals surface area contributed by atoms with E-state index in [0.717, 1.165) is 11.8 Å². The highest BCUT2D eigenvalue weighted by molar-refractivity contribution is 8.00. The fourth-order valence-electron chi connectivity index (χ4n) is 1.37. The third kappa shape index (κ3) is 9.62. The highest BCUT2D eigenvalue weighted by Crippen LogP contribution is 2.37. The van der Waals surface area contributed by atoms with Gasteiger partial charge in [0.1, 0.15) is 0 Å². The molecular formula is C10H16F6S. The van der Waals surface area contributed by atoms with Crippen molar-refractivity contribution in [2.75, 3.05) is 0 Å². The van der Waals surface area contributed by atoms with E-state index in [2.05, 4.69) is 0 Å². The van der Waals surface area contributed by atoms with Crippen LogP contribution in [0.5, 0.6) is 0 Å². The molecule has 17 heavy (non-hydrogen) atoms. The predicted molar refractivity (Wildman–Crippen MR) is 57.1 cm³/mol. The summed E-state index contributed by atoms with van der Waals surface area (Å²) in [5.41, 5.74) is 0. The van der Waals surface area contributed by atoms with Crippen LogP contribution >= 0.6 is 11.8 Å². The molecule has 0 aromatic heterocycles. The molecule has 2 unspecified atom stereocenters. The van der Waals surface area contributed by atoms with Gasteiger partial charge in [0.2, 0.25) is 0 Å². The van der Waals surface area contributed by atoms with Gasteiger partial charge < -0.3 is 0 Å². The molecule has 0 saturated heterocycles. The van der Waals surface area contributed by atoms with Crippen LogP contribution in [0.15, 0.2) is 0 Å². The van der Waals surface area contributed by atoms with Gasteiger partial charge in [0.25, 0.3) is 0 Å². The summed E-state index contributed by atoms with van der Waals surface area (Å²) in [6.45, 7) is 3.12. The van der Waals surface area contributed by atoms with E-state index in [1.54, 1.807) is 13.8 Å². The van der Waals surface area contributed by atoms with Crippen LogP contribution < -0.4 is 0 Å². The number of thioether (sulfide) groups is 1. The molecule has 7 heteroatoms. The third-order valence-electron chi connectivity index (χ3n) is 2.21. The minimum atomic E-state index is -4.32. The molecular weight excluding hydrogens is 266 g/mol. The Morgan fingerprint density at radius 1 is 0.765 bits per heavy atom. The maximum atomic E-state index is 12.1. The summed E-state index contributed by atoms with van der Waals surface area (Å²) in [6, 6.07) is 0. The van der Waals surface area contributed by atoms with E-state index < -0.39 is 35.7 Å². The lowest BCUT2D eigenvalue weighted by Gasteiger charge is -2.23. The first-order chi connectivity index (χ1) is 7.57. The summed E-state index contributed by atoms with van der Waals surface area (Å²) in [5, 5.41) is -1.58. The Bertz CT molecular complexity index is 188. The molecule has 0 spiro atoms. The van der Waals surface area contributed by atoms with Crippen molar-refractivity contribution < 1.29 is 26.3 Å². The molecule has 0 fully saturated rings. The van der Waals surface area contributed by atoms with E-state index >= 15 is 0 Å². The van der Waals surface area contributed by atoms with Crippen molar-refractivity contribution in [3.05, 3.63) is 0 Å². The Morgan fingerprint density at radius 2 is 1.06 bits per heavy atom. The van der Waals surface area contributed by atoms with Crippen molar-refractivity contribution in [1.29, 1.82) is 0 Å². The van der Waals surface area contributed by atoms with E-state index in [1.165, 1.54) is 0 Å². The smallest absolute Gasteiger partial charge is 0.171 e. The minimum Gasteiger partial charge on any atom is -0.171 e. The number of alkyl halides is 6. The van der Waals surface area contributed by atoms with Crippen molar-refractivity contribution in [3.8, 4) is 0 Å². The number of rotatable bonds is 6. The monoisotopic (exact) mass is 282 g/mol. The van der Waals surface area contributed by atoms with Gasteiger partial charge in [0.15, 0.2) is 0 Å². The zero-order chi connectivity index (χ0) is 13.7. The third-order valence-corrected chi connectivity index (χ3v) is 3.98. The van der Waals surface area contributed by atoms with Gasteiger partial charge in [-0.25, -0.2) is 0 Å². The molecule has 0 rings (SSSR count). The van der Waals surface area contributed by atoms with Crippen molar-refractivity contribution >= 4 is 11.8 Å². The summed E-state index contributed by atoms with van der Waals surface area (Å²) in [7, 11) is 0. The molecule has 0 saturated carbocycles. The lowest BCUT2D eigenvalue weighted by Crippen LogP contribution is -2.22. The largest absolute Gasteiger partial charge is 0.390 e. The lowest BCUT2D eigenvalue weighted by molar-refractivity contribution is -0.134. The predicted octanol–water partition coefficient (Wildman–Crippen LogP) is 5.18. The van der Waals surface area contributed by atoms with Crippen molar-refractivity contribution in [3.63, 3.8) is 0 Å². The van der Waals surface area contributed by atoms with Crippen molar-refractivity contribution in [2.24, 2.45) is 0 Å². The molecule has 0 aliphatic carbocycles. The van der Waals surface area contributed by atoms with Crippen LogP contribution in [0.25, 0.3) is 0 Å². The molecule has 0 bridgehead atoms. The molecule has 0 N–H and O–H groups in total. The summed E-state index contributed by atoms with van der Waals surface area (Å²) in [6.07, 6.45) is -10.2. The second-order valence-corrected chi connectivity index (χ2v) is 5.44. The van der Waals surface area contributed by atoms with Gasteiger partial charge in [-0.2, -0.15) is 38.1 Å². The van der Waals surface area contributed by atoms with Gasteiger partial charge >= 0.3 is 12.4 Å². The Balaban J connectivity index is 4.32. The topological polar surface area (TPSA) is 0 Å². The zero-order valence-electron chi connectivity index (χ0n) is 9.66. The number of hydrogen-bond donors (Lipinski definition) is 0. The van der Waals surface area contributed by atoms with E-state index in [-0.39, 0.29) is 12.8 Å². The molecule has 0 aliphatic rings. The van der Waals surface area contributed by atoms with E-state index in [4.69, 9.17) is 0 Å². The maximum absolute atomic E-state index is 12.1. The fourth-order valence-corrected chi connectivity index (χ4v) is 2.87. The lowest BCUT2D eigenvalue weighted by atomic mass is 10.2. The molecule has 2 atom stereocenters. The SMILES string of the molecule is CCC(CC(F)(F)F)SC(CC)CC(F)(F)F. The number of halogens is 6. The van der Waals surface area contributed by atoms with Crippen LogP contribution in [0.2, 0.25) is 0 Å². The number of hydrogen-bond acceptors (Lipinski definition) is 1. The molecule has 0 radical (unpaired) electrons. The van der Waals surface area contributed by atoms with Crippen LogP contribution in [0, 0.1) is 0 Å². The Labute approximate surface area is 101 Å². The van der Waals surface area contributed by atoms with Crippen LogP contribution in [0.3, 0.4) is 0 Å². The summed E-state index contributed by atoms with van der Waals surface area (Å²) >= 11 is 0.804. The van der Waals surface area contributed by atoms with Crippen LogP contribution in [-0.2, 0) is 0 Å². The molecule has 0 heterocycles. The van der Waals surface area contributed by atoms with Gasteiger partial charge in [-0.15, -0.1) is 0 Å². The van der Waals surface area contributed by atoms with Gasteiger partial charge in [-0.05, 0) is 12.8 Å². The van der Waals surface area contributed by atoms with Gasteiger partial charge in [-0.1, -0.05) is 13.8 Å². The summed E-state index contributed by atoms with van der Waals surface area (Å²) in [4.78, 5) is 0. The van der Waals surface area contributed by atoms with E-state index in [0.29, 0.717) is 0 Å². The Morgan fingerprint density at radius 3 is 1.24 bits per heavy atom. The minimum absolute atomic E-state index is 0.221. The normalized spacial score (nSPS) is 16.9. The first-order valence-electron chi connectivity index (χ1n) is 5.36. The van der Waals surface area contributed by atoms with Gasteiger partial charge in [-0.3, -0.25) is 0 Å². The highest BCUT2D eigenvalue weighted by Gasteiger charge is 2.36. The molecule has 0 nitrogen and oxygen atoms in total. The van der Waals surface area contributed by atoms with E-state index in [1.807, 2.05) is 0 Å². The first kappa shape index (κ1) is 16.9. The average molecular weight is 282 g/mol. The second-order valence-electron chi connectivity index (χ2n) is 3.84. The summed E-state index contributed by atoms with van der Waals surface area (Å²) in [5.74, 6) is 0. The molecule has 0 aromatic carbocycles. The Hall–Kier alpha value is -0.0700. The van der Waals surface area contributed by atoms with Crippen LogP contribution in [0.4, 0.5) is 26.3 Å². The molecule has 0 amide bonds. The van der Waals surface area contributed by atoms with Crippen molar-refractivity contribution in [2.45, 2.75) is 62.4 Å². The van der Waals surface area contributed by atoms with Crippen LogP contribution in [0.1, 0.15) is 39.5 Å². The quantitative estimate of drug-likeness (QED) is 0.605. The zero-order valence-corrected chi connectivity index (χ0v) is 10.5. The van der Waals surface area contributed by atoms with E-state index in [9.17, 15) is 26.3 Å². The van der Waals surface area contributed by atoms with Crippen LogP contribution in [-0.4, -0.2) is 22.9 Å².